The Labute approximate surface area is 122 Å². The molecule has 0 aliphatic heterocycles. The van der Waals surface area contributed by atoms with Crippen LogP contribution in [0.2, 0.25) is 0 Å². The molecule has 0 N–H and O–H groups in total. The van der Waals surface area contributed by atoms with Gasteiger partial charge in [-0.05, 0) is 46.3 Å². The van der Waals surface area contributed by atoms with Gasteiger partial charge in [-0.2, -0.15) is 13.2 Å². The quantitative estimate of drug-likeness (QED) is 0.663. The molecule has 0 radical (unpaired) electrons. The number of furan rings is 1. The van der Waals surface area contributed by atoms with Crippen molar-refractivity contribution in [2.24, 2.45) is 0 Å². The standard InChI is InChI=1S/C12H5Br2F3O2/c13-6-1-2-7(8(5-6)12(15,16)17)11(18)9-3-4-10(14)19-9/h1-5H. The highest BCUT2D eigenvalue weighted by atomic mass is 79.9. The van der Waals surface area contributed by atoms with E-state index in [1.54, 1.807) is 0 Å². The third kappa shape index (κ3) is 3.09. The van der Waals surface area contributed by atoms with Gasteiger partial charge in [0, 0.05) is 10.0 Å². The van der Waals surface area contributed by atoms with Gasteiger partial charge in [-0.3, -0.25) is 4.79 Å². The van der Waals surface area contributed by atoms with E-state index >= 15 is 0 Å². The number of rotatable bonds is 2. The van der Waals surface area contributed by atoms with Crippen LogP contribution in [0.3, 0.4) is 0 Å². The molecule has 0 saturated heterocycles. The first-order valence-electron chi connectivity index (χ1n) is 4.96. The van der Waals surface area contributed by atoms with Crippen LogP contribution in [0.5, 0.6) is 0 Å². The second kappa shape index (κ2) is 5.13. The predicted octanol–water partition coefficient (Wildman–Crippen LogP) is 5.05. The van der Waals surface area contributed by atoms with Crippen molar-refractivity contribution in [2.75, 3.05) is 0 Å². The highest BCUT2D eigenvalue weighted by Gasteiger charge is 2.36. The van der Waals surface area contributed by atoms with E-state index in [2.05, 4.69) is 31.9 Å². The van der Waals surface area contributed by atoms with Gasteiger partial charge in [-0.25, -0.2) is 0 Å². The van der Waals surface area contributed by atoms with Crippen molar-refractivity contribution >= 4 is 37.6 Å². The van der Waals surface area contributed by atoms with Crippen LogP contribution in [-0.2, 0) is 6.18 Å². The molecule has 0 fully saturated rings. The van der Waals surface area contributed by atoms with Gasteiger partial charge < -0.3 is 4.42 Å². The van der Waals surface area contributed by atoms with Crippen LogP contribution in [0.25, 0.3) is 0 Å². The molecule has 0 saturated carbocycles. The molecule has 100 valence electrons. The van der Waals surface area contributed by atoms with Gasteiger partial charge in [0.05, 0.1) is 5.56 Å². The molecule has 0 amide bonds. The zero-order valence-corrected chi connectivity index (χ0v) is 12.3. The Kier molecular flexibility index (Phi) is 3.87. The predicted molar refractivity (Wildman–Crippen MR) is 69.0 cm³/mol. The molecule has 1 heterocycles. The Morgan fingerprint density at radius 2 is 1.79 bits per heavy atom. The van der Waals surface area contributed by atoms with Crippen LogP contribution >= 0.6 is 31.9 Å². The summed E-state index contributed by atoms with van der Waals surface area (Å²) in [7, 11) is 0. The van der Waals surface area contributed by atoms with Crippen LogP contribution in [0.4, 0.5) is 13.2 Å². The molecule has 2 nitrogen and oxygen atoms in total. The van der Waals surface area contributed by atoms with Crippen LogP contribution in [0.15, 0.2) is 43.9 Å². The van der Waals surface area contributed by atoms with Crippen molar-refractivity contribution in [3.8, 4) is 0 Å². The molecule has 0 bridgehead atoms. The SMILES string of the molecule is O=C(c1ccc(Br)o1)c1ccc(Br)cc1C(F)(F)F. The minimum atomic E-state index is -4.61. The van der Waals surface area contributed by atoms with Gasteiger partial charge in [-0.1, -0.05) is 15.9 Å². The molecule has 7 heteroatoms. The van der Waals surface area contributed by atoms with E-state index in [0.29, 0.717) is 0 Å². The lowest BCUT2D eigenvalue weighted by molar-refractivity contribution is -0.137. The Balaban J connectivity index is 2.53. The number of ketones is 1. The first-order valence-corrected chi connectivity index (χ1v) is 6.54. The topological polar surface area (TPSA) is 30.2 Å². The number of hydrogen-bond acceptors (Lipinski definition) is 2. The molecule has 2 aromatic rings. The molecular formula is C12H5Br2F3O2. The molecule has 0 spiro atoms. The summed E-state index contributed by atoms with van der Waals surface area (Å²) < 4.78 is 44.2. The summed E-state index contributed by atoms with van der Waals surface area (Å²) in [4.78, 5) is 12.0. The van der Waals surface area contributed by atoms with Gasteiger partial charge in [-0.15, -0.1) is 0 Å². The van der Waals surface area contributed by atoms with Crippen molar-refractivity contribution in [1.82, 2.24) is 0 Å². The maximum atomic E-state index is 12.9. The maximum absolute atomic E-state index is 12.9. The average Bonchev–Trinajstić information content (AvgIpc) is 2.74. The zero-order valence-electron chi connectivity index (χ0n) is 9.09. The summed E-state index contributed by atoms with van der Waals surface area (Å²) in [6.07, 6.45) is -4.61. The molecule has 0 unspecified atom stereocenters. The fraction of sp³-hybridized carbons (Fsp3) is 0.0833. The highest BCUT2D eigenvalue weighted by molar-refractivity contribution is 9.10. The van der Waals surface area contributed by atoms with E-state index < -0.39 is 23.1 Å². The molecule has 2 rings (SSSR count). The summed E-state index contributed by atoms with van der Waals surface area (Å²) in [5.41, 5.74) is -1.45. The fourth-order valence-electron chi connectivity index (χ4n) is 1.52. The van der Waals surface area contributed by atoms with E-state index in [1.807, 2.05) is 0 Å². The molecule has 19 heavy (non-hydrogen) atoms. The third-order valence-electron chi connectivity index (χ3n) is 2.33. The molecule has 0 aliphatic carbocycles. The zero-order chi connectivity index (χ0) is 14.2. The normalized spacial score (nSPS) is 11.6. The minimum absolute atomic E-state index is 0.153. The summed E-state index contributed by atoms with van der Waals surface area (Å²) in [6.45, 7) is 0. The third-order valence-corrected chi connectivity index (χ3v) is 3.25. The largest absolute Gasteiger partial charge is 0.446 e. The minimum Gasteiger partial charge on any atom is -0.446 e. The molecular weight excluding hydrogens is 393 g/mol. The van der Waals surface area contributed by atoms with Crippen molar-refractivity contribution in [1.29, 1.82) is 0 Å². The Morgan fingerprint density at radius 3 is 2.32 bits per heavy atom. The number of carbonyl (C=O) groups is 1. The van der Waals surface area contributed by atoms with E-state index in [9.17, 15) is 18.0 Å². The summed E-state index contributed by atoms with van der Waals surface area (Å²) >= 11 is 5.95. The average molecular weight is 398 g/mol. The lowest BCUT2D eigenvalue weighted by Crippen LogP contribution is -2.13. The molecule has 1 aromatic carbocycles. The Morgan fingerprint density at radius 1 is 1.11 bits per heavy atom. The van der Waals surface area contributed by atoms with Gasteiger partial charge in [0.2, 0.25) is 5.78 Å². The maximum Gasteiger partial charge on any atom is 0.417 e. The van der Waals surface area contributed by atoms with E-state index in [1.165, 1.54) is 18.2 Å². The second-order valence-corrected chi connectivity index (χ2v) is 5.32. The number of carbonyl (C=O) groups excluding carboxylic acids is 1. The van der Waals surface area contributed by atoms with E-state index in [4.69, 9.17) is 4.42 Å². The summed E-state index contributed by atoms with van der Waals surface area (Å²) in [6, 6.07) is 6.12. The molecule has 1 aromatic heterocycles. The second-order valence-electron chi connectivity index (χ2n) is 3.62. The fourth-order valence-corrected chi connectivity index (χ4v) is 2.19. The lowest BCUT2D eigenvalue weighted by atomic mass is 10.0. The van der Waals surface area contributed by atoms with E-state index in [0.717, 1.165) is 12.1 Å². The van der Waals surface area contributed by atoms with Crippen LogP contribution in [0.1, 0.15) is 21.7 Å². The van der Waals surface area contributed by atoms with Gasteiger partial charge in [0.1, 0.15) is 0 Å². The number of halogens is 5. The summed E-state index contributed by atoms with van der Waals surface area (Å²) in [5, 5.41) is 0. The Bertz CT molecular complexity index is 632. The van der Waals surface area contributed by atoms with Crippen LogP contribution in [0, 0.1) is 0 Å². The monoisotopic (exact) mass is 396 g/mol. The van der Waals surface area contributed by atoms with Gasteiger partial charge in [0.15, 0.2) is 10.4 Å². The first-order chi connectivity index (χ1) is 8.79. The van der Waals surface area contributed by atoms with E-state index in [-0.39, 0.29) is 14.9 Å². The number of hydrogen-bond donors (Lipinski definition) is 0. The van der Waals surface area contributed by atoms with Crippen molar-refractivity contribution in [3.05, 3.63) is 56.4 Å². The first kappa shape index (κ1) is 14.3. The van der Waals surface area contributed by atoms with Crippen molar-refractivity contribution < 1.29 is 22.4 Å². The smallest absolute Gasteiger partial charge is 0.417 e. The van der Waals surface area contributed by atoms with Crippen molar-refractivity contribution in [2.45, 2.75) is 6.18 Å². The van der Waals surface area contributed by atoms with Crippen molar-refractivity contribution in [3.63, 3.8) is 0 Å². The van der Waals surface area contributed by atoms with Crippen LogP contribution in [-0.4, -0.2) is 5.78 Å². The number of benzene rings is 1. The molecule has 0 aliphatic rings. The Hall–Kier alpha value is -1.08. The van der Waals surface area contributed by atoms with Gasteiger partial charge >= 0.3 is 6.18 Å². The lowest BCUT2D eigenvalue weighted by Gasteiger charge is -2.11. The van der Waals surface area contributed by atoms with Gasteiger partial charge in [0.25, 0.3) is 0 Å². The van der Waals surface area contributed by atoms with Crippen LogP contribution < -0.4 is 0 Å². The number of alkyl halides is 3. The molecule has 0 atom stereocenters. The summed E-state index contributed by atoms with van der Waals surface area (Å²) in [5.74, 6) is -0.967. The highest BCUT2D eigenvalue weighted by Crippen LogP contribution is 2.35.